The number of para-hydroxylation sites is 1. The molecule has 5 aliphatic rings. The standard InChI is InChI=1S/C25H21BrN2O3/c26-16-7-5-14(6-8-16)13-31-21-4-2-1-3-15(21)12-27-28-24(29)22-17-9-10-18(20-11-19(17)20)23(22)25(28)30/h1-10,12,17-20,22-23H,11,13H2/b27-12-/t17-,18-,19-,20+,22-,23+/m0/s1. The maximum atomic E-state index is 13.1. The van der Waals surface area contributed by atoms with Crippen molar-refractivity contribution < 1.29 is 14.3 Å². The molecule has 7 rings (SSSR count). The highest BCUT2D eigenvalue weighted by molar-refractivity contribution is 9.10. The van der Waals surface area contributed by atoms with Gasteiger partial charge in [0, 0.05) is 10.0 Å². The second-order valence-corrected chi connectivity index (χ2v) is 9.76. The summed E-state index contributed by atoms with van der Waals surface area (Å²) >= 11 is 3.43. The topological polar surface area (TPSA) is 59.0 Å². The number of carbonyl (C=O) groups is 2. The van der Waals surface area contributed by atoms with Gasteiger partial charge in [-0.3, -0.25) is 9.59 Å². The van der Waals surface area contributed by atoms with Gasteiger partial charge in [-0.1, -0.05) is 52.3 Å². The van der Waals surface area contributed by atoms with Crippen LogP contribution in [-0.2, 0) is 16.2 Å². The molecule has 2 aromatic carbocycles. The lowest BCUT2D eigenvalue weighted by Crippen LogP contribution is -2.40. The van der Waals surface area contributed by atoms with Gasteiger partial charge in [-0.25, -0.2) is 0 Å². The number of benzene rings is 2. The van der Waals surface area contributed by atoms with Crippen LogP contribution in [0.2, 0.25) is 0 Å². The van der Waals surface area contributed by atoms with Crippen LogP contribution >= 0.6 is 15.9 Å². The molecule has 3 fully saturated rings. The molecular formula is C25H21BrN2O3. The molecule has 0 N–H and O–H groups in total. The van der Waals surface area contributed by atoms with Crippen molar-refractivity contribution in [3.8, 4) is 5.75 Å². The van der Waals surface area contributed by atoms with Gasteiger partial charge in [-0.05, 0) is 59.9 Å². The Morgan fingerprint density at radius 3 is 2.29 bits per heavy atom. The molecule has 6 heteroatoms. The van der Waals surface area contributed by atoms with E-state index < -0.39 is 0 Å². The molecular weight excluding hydrogens is 456 g/mol. The van der Waals surface area contributed by atoms with Gasteiger partial charge < -0.3 is 4.74 Å². The van der Waals surface area contributed by atoms with Crippen LogP contribution in [-0.4, -0.2) is 23.0 Å². The van der Waals surface area contributed by atoms with Crippen LogP contribution in [0, 0.1) is 35.5 Å². The summed E-state index contributed by atoms with van der Waals surface area (Å²) < 4.78 is 7.00. The molecule has 2 aromatic rings. The fourth-order valence-electron chi connectivity index (χ4n) is 5.64. The van der Waals surface area contributed by atoms with Crippen LogP contribution in [0.15, 0.2) is 70.3 Å². The number of hydrogen-bond acceptors (Lipinski definition) is 4. The van der Waals surface area contributed by atoms with Crippen molar-refractivity contribution in [2.45, 2.75) is 13.0 Å². The zero-order chi connectivity index (χ0) is 21.1. The van der Waals surface area contributed by atoms with Crippen LogP contribution in [0.1, 0.15) is 17.5 Å². The van der Waals surface area contributed by atoms with Crippen molar-refractivity contribution in [1.82, 2.24) is 5.01 Å². The summed E-state index contributed by atoms with van der Waals surface area (Å²) in [5, 5.41) is 5.45. The minimum absolute atomic E-state index is 0.149. The van der Waals surface area contributed by atoms with Crippen LogP contribution < -0.4 is 4.74 Å². The number of imide groups is 1. The van der Waals surface area contributed by atoms with Gasteiger partial charge >= 0.3 is 0 Å². The molecule has 1 saturated heterocycles. The van der Waals surface area contributed by atoms with Crippen molar-refractivity contribution in [2.75, 3.05) is 0 Å². The van der Waals surface area contributed by atoms with Gasteiger partial charge in [0.05, 0.1) is 18.1 Å². The molecule has 31 heavy (non-hydrogen) atoms. The van der Waals surface area contributed by atoms with E-state index in [4.69, 9.17) is 4.74 Å². The highest BCUT2D eigenvalue weighted by atomic mass is 79.9. The second-order valence-electron chi connectivity index (χ2n) is 8.84. The Morgan fingerprint density at radius 1 is 0.968 bits per heavy atom. The number of halogens is 1. The van der Waals surface area contributed by atoms with E-state index in [1.54, 1.807) is 6.21 Å². The molecule has 0 radical (unpaired) electrons. The average Bonchev–Trinajstić information content (AvgIpc) is 3.57. The normalized spacial score (nSPS) is 32.5. The van der Waals surface area contributed by atoms with E-state index in [9.17, 15) is 9.59 Å². The number of rotatable bonds is 5. The van der Waals surface area contributed by atoms with E-state index in [1.165, 1.54) is 0 Å². The number of nitrogens with zero attached hydrogens (tertiary/aromatic N) is 2. The van der Waals surface area contributed by atoms with Crippen molar-refractivity contribution in [2.24, 2.45) is 40.6 Å². The predicted molar refractivity (Wildman–Crippen MR) is 119 cm³/mol. The molecule has 0 spiro atoms. The van der Waals surface area contributed by atoms with Crippen molar-refractivity contribution in [3.63, 3.8) is 0 Å². The van der Waals surface area contributed by atoms with Gasteiger partial charge in [-0.2, -0.15) is 10.1 Å². The minimum atomic E-state index is -0.229. The van der Waals surface area contributed by atoms with Gasteiger partial charge in [0.1, 0.15) is 12.4 Å². The van der Waals surface area contributed by atoms with Gasteiger partial charge in [-0.15, -0.1) is 0 Å². The summed E-state index contributed by atoms with van der Waals surface area (Å²) in [5.74, 6) is 1.49. The van der Waals surface area contributed by atoms with Crippen LogP contribution in [0.25, 0.3) is 0 Å². The predicted octanol–water partition coefficient (Wildman–Crippen LogP) is 4.42. The zero-order valence-electron chi connectivity index (χ0n) is 16.7. The van der Waals surface area contributed by atoms with E-state index in [0.29, 0.717) is 24.2 Å². The van der Waals surface area contributed by atoms with E-state index in [0.717, 1.165) is 27.0 Å². The first kappa shape index (κ1) is 19.0. The third-order valence-corrected chi connectivity index (χ3v) is 7.71. The molecule has 2 amide bonds. The Balaban J connectivity index is 1.21. The quantitative estimate of drug-likeness (QED) is 0.364. The molecule has 2 saturated carbocycles. The Kier molecular flexibility index (Phi) is 4.39. The summed E-state index contributed by atoms with van der Waals surface area (Å²) in [6.07, 6.45) is 7.07. The summed E-state index contributed by atoms with van der Waals surface area (Å²) in [4.78, 5) is 26.1. The first-order valence-corrected chi connectivity index (χ1v) is 11.5. The number of allylic oxidation sites excluding steroid dienone is 2. The summed E-state index contributed by atoms with van der Waals surface area (Å²) in [6, 6.07) is 15.5. The Labute approximate surface area is 188 Å². The van der Waals surface area contributed by atoms with Gasteiger partial charge in [0.2, 0.25) is 0 Å². The lowest BCUT2D eigenvalue weighted by Gasteiger charge is -2.37. The van der Waals surface area contributed by atoms with E-state index in [1.807, 2.05) is 48.5 Å². The molecule has 2 bridgehead atoms. The number of amides is 2. The maximum absolute atomic E-state index is 13.1. The maximum Gasteiger partial charge on any atom is 0.254 e. The third-order valence-electron chi connectivity index (χ3n) is 7.18. The Bertz CT molecular complexity index is 1090. The minimum Gasteiger partial charge on any atom is -0.488 e. The molecule has 0 unspecified atom stereocenters. The highest BCUT2D eigenvalue weighted by Gasteiger charge is 2.67. The second kappa shape index (κ2) is 7.16. The smallest absolute Gasteiger partial charge is 0.254 e. The third kappa shape index (κ3) is 3.07. The van der Waals surface area contributed by atoms with E-state index >= 15 is 0 Å². The van der Waals surface area contributed by atoms with Gasteiger partial charge in [0.25, 0.3) is 11.8 Å². The molecule has 1 aliphatic heterocycles. The van der Waals surface area contributed by atoms with E-state index in [2.05, 4.69) is 33.2 Å². The first-order valence-electron chi connectivity index (χ1n) is 10.7. The number of ether oxygens (including phenoxy) is 1. The Hall–Kier alpha value is -2.73. The monoisotopic (exact) mass is 476 g/mol. The lowest BCUT2D eigenvalue weighted by atomic mass is 9.63. The van der Waals surface area contributed by atoms with Gasteiger partial charge in [0.15, 0.2) is 0 Å². The highest BCUT2D eigenvalue weighted by Crippen LogP contribution is 2.65. The van der Waals surface area contributed by atoms with Crippen LogP contribution in [0.4, 0.5) is 0 Å². The Morgan fingerprint density at radius 2 is 1.61 bits per heavy atom. The molecule has 0 aromatic heterocycles. The SMILES string of the molecule is O=C1[C@@H]2[C@H]3C=C[C@@H]([C@@H]4C[C@H]34)[C@@H]2C(=O)N1/N=C\c1ccccc1OCc1ccc(Br)cc1. The molecule has 1 heterocycles. The lowest BCUT2D eigenvalue weighted by molar-refractivity contribution is -0.140. The number of hydrazone groups is 1. The van der Waals surface area contributed by atoms with Crippen LogP contribution in [0.5, 0.6) is 5.75 Å². The zero-order valence-corrected chi connectivity index (χ0v) is 18.3. The molecule has 5 nitrogen and oxygen atoms in total. The summed E-state index contributed by atoms with van der Waals surface area (Å²) in [5.41, 5.74) is 1.78. The number of hydrogen-bond donors (Lipinski definition) is 0. The van der Waals surface area contributed by atoms with Crippen molar-refractivity contribution in [3.05, 3.63) is 76.3 Å². The first-order chi connectivity index (χ1) is 15.1. The molecule has 6 atom stereocenters. The molecule has 4 aliphatic carbocycles. The number of carbonyl (C=O) groups excluding carboxylic acids is 2. The average molecular weight is 477 g/mol. The van der Waals surface area contributed by atoms with Crippen molar-refractivity contribution >= 4 is 34.0 Å². The fourth-order valence-corrected chi connectivity index (χ4v) is 5.90. The van der Waals surface area contributed by atoms with Crippen LogP contribution in [0.3, 0.4) is 0 Å². The fraction of sp³-hybridized carbons (Fsp3) is 0.320. The molecule has 156 valence electrons. The van der Waals surface area contributed by atoms with Crippen molar-refractivity contribution in [1.29, 1.82) is 0 Å². The summed E-state index contributed by atoms with van der Waals surface area (Å²) in [7, 11) is 0. The van der Waals surface area contributed by atoms with E-state index in [-0.39, 0.29) is 35.5 Å². The summed E-state index contributed by atoms with van der Waals surface area (Å²) in [6.45, 7) is 0.418. The largest absolute Gasteiger partial charge is 0.488 e.